The van der Waals surface area contributed by atoms with Crippen molar-refractivity contribution in [2.45, 2.75) is 18.4 Å². The first-order valence-electron chi connectivity index (χ1n) is 10.1. The van der Waals surface area contributed by atoms with Crippen molar-refractivity contribution in [3.8, 4) is 0 Å². The zero-order valence-corrected chi connectivity index (χ0v) is 17.7. The zero-order chi connectivity index (χ0) is 20.5. The number of rotatable bonds is 8. The lowest BCUT2D eigenvalue weighted by Crippen LogP contribution is -2.52. The predicted octanol–water partition coefficient (Wildman–Crippen LogP) is 2.88. The van der Waals surface area contributed by atoms with Gasteiger partial charge in [0.2, 0.25) is 11.8 Å². The Kier molecular flexibility index (Phi) is 8.14. The molecule has 1 aliphatic rings. The fraction of sp³-hybridized carbons (Fsp3) is 0.391. The molecule has 0 aliphatic carbocycles. The fourth-order valence-corrected chi connectivity index (χ4v) is 4.24. The van der Waals surface area contributed by atoms with Crippen molar-refractivity contribution in [2.75, 3.05) is 38.5 Å². The van der Waals surface area contributed by atoms with Crippen molar-refractivity contribution in [3.05, 3.63) is 66.2 Å². The number of nitrogens with zero attached hydrogens (tertiary/aromatic N) is 2. The number of hydrogen-bond donors (Lipinski definition) is 1. The summed E-state index contributed by atoms with van der Waals surface area (Å²) in [5.41, 5.74) is 1.10. The number of nitrogens with one attached hydrogen (secondary N) is 1. The quantitative estimate of drug-likeness (QED) is 0.679. The third-order valence-corrected chi connectivity index (χ3v) is 6.32. The summed E-state index contributed by atoms with van der Waals surface area (Å²) in [7, 11) is 0. The second kappa shape index (κ2) is 11.0. The Bertz CT molecular complexity index is 777. The van der Waals surface area contributed by atoms with Gasteiger partial charge in [0.25, 0.3) is 0 Å². The van der Waals surface area contributed by atoms with Crippen LogP contribution in [0.5, 0.6) is 0 Å². The molecule has 1 N–H and O–H groups in total. The lowest BCUT2D eigenvalue weighted by Gasteiger charge is -2.35. The first-order valence-corrected chi connectivity index (χ1v) is 11.1. The van der Waals surface area contributed by atoms with Gasteiger partial charge in [0, 0.05) is 49.3 Å². The van der Waals surface area contributed by atoms with E-state index < -0.39 is 0 Å². The molecule has 1 unspecified atom stereocenters. The lowest BCUT2D eigenvalue weighted by atomic mass is 10.1. The average Bonchev–Trinajstić information content (AvgIpc) is 2.77. The maximum atomic E-state index is 12.7. The molecule has 3 rings (SSSR count). The Morgan fingerprint density at radius 2 is 1.59 bits per heavy atom. The Balaban J connectivity index is 1.35. The molecule has 0 spiro atoms. The first kappa shape index (κ1) is 21.4. The van der Waals surface area contributed by atoms with Crippen LogP contribution < -0.4 is 5.32 Å². The highest BCUT2D eigenvalue weighted by Crippen LogP contribution is 2.21. The number of piperazine rings is 1. The van der Waals surface area contributed by atoms with Crippen molar-refractivity contribution in [2.24, 2.45) is 5.92 Å². The molecule has 0 radical (unpaired) electrons. The van der Waals surface area contributed by atoms with Crippen LogP contribution in [0.2, 0.25) is 0 Å². The Labute approximate surface area is 177 Å². The smallest absolute Gasteiger partial charge is 0.234 e. The van der Waals surface area contributed by atoms with Crippen LogP contribution in [0, 0.1) is 5.92 Å². The SMILES string of the molecule is CC(CSc1ccccc1)C(=O)N1CCN(CC(=O)NCc2ccccc2)CC1. The summed E-state index contributed by atoms with van der Waals surface area (Å²) in [4.78, 5) is 30.2. The number of amides is 2. The number of hydrogen-bond acceptors (Lipinski definition) is 4. The van der Waals surface area contributed by atoms with Gasteiger partial charge in [0.15, 0.2) is 0 Å². The molecule has 1 heterocycles. The molecule has 0 bridgehead atoms. The molecule has 29 heavy (non-hydrogen) atoms. The Morgan fingerprint density at radius 3 is 2.24 bits per heavy atom. The molecule has 0 aromatic heterocycles. The third-order valence-electron chi connectivity index (χ3n) is 5.05. The number of carbonyl (C=O) groups excluding carboxylic acids is 2. The summed E-state index contributed by atoms with van der Waals surface area (Å²) >= 11 is 1.72. The summed E-state index contributed by atoms with van der Waals surface area (Å²) in [5, 5.41) is 2.97. The second-order valence-electron chi connectivity index (χ2n) is 7.39. The van der Waals surface area contributed by atoms with Gasteiger partial charge in [-0.05, 0) is 17.7 Å². The van der Waals surface area contributed by atoms with Crippen LogP contribution in [0.3, 0.4) is 0 Å². The fourth-order valence-electron chi connectivity index (χ4n) is 3.30. The van der Waals surface area contributed by atoms with Gasteiger partial charge in [0.05, 0.1) is 6.54 Å². The molecule has 1 aliphatic heterocycles. The van der Waals surface area contributed by atoms with Gasteiger partial charge in [-0.15, -0.1) is 11.8 Å². The Morgan fingerprint density at radius 1 is 0.966 bits per heavy atom. The van der Waals surface area contributed by atoms with Crippen LogP contribution in [0.25, 0.3) is 0 Å². The van der Waals surface area contributed by atoms with Crippen LogP contribution in [-0.2, 0) is 16.1 Å². The maximum Gasteiger partial charge on any atom is 0.234 e. The van der Waals surface area contributed by atoms with Crippen LogP contribution in [0.4, 0.5) is 0 Å². The van der Waals surface area contributed by atoms with Gasteiger partial charge < -0.3 is 10.2 Å². The highest BCUT2D eigenvalue weighted by Gasteiger charge is 2.25. The van der Waals surface area contributed by atoms with Crippen LogP contribution in [0.15, 0.2) is 65.6 Å². The summed E-state index contributed by atoms with van der Waals surface area (Å²) in [6.07, 6.45) is 0. The standard InChI is InChI=1S/C23H29N3O2S/c1-19(18-29-21-10-6-3-7-11-21)23(28)26-14-12-25(13-15-26)17-22(27)24-16-20-8-4-2-5-9-20/h2-11,19H,12-18H2,1H3,(H,24,27). The van der Waals surface area contributed by atoms with E-state index >= 15 is 0 Å². The highest BCUT2D eigenvalue weighted by atomic mass is 32.2. The third kappa shape index (κ3) is 6.91. The molecule has 1 fully saturated rings. The summed E-state index contributed by atoms with van der Waals surface area (Å²) in [5.74, 6) is 1.01. The van der Waals surface area contributed by atoms with Gasteiger partial charge in [-0.2, -0.15) is 0 Å². The van der Waals surface area contributed by atoms with E-state index in [4.69, 9.17) is 0 Å². The van der Waals surface area contributed by atoms with Crippen LogP contribution in [0.1, 0.15) is 12.5 Å². The minimum atomic E-state index is -0.0130. The summed E-state index contributed by atoms with van der Waals surface area (Å²) in [6.45, 7) is 5.78. The van der Waals surface area contributed by atoms with E-state index in [1.165, 1.54) is 4.90 Å². The van der Waals surface area contributed by atoms with E-state index in [0.29, 0.717) is 26.2 Å². The molecule has 6 heteroatoms. The molecular weight excluding hydrogens is 382 g/mol. The van der Waals surface area contributed by atoms with Crippen molar-refractivity contribution < 1.29 is 9.59 Å². The molecule has 2 amide bonds. The van der Waals surface area contributed by atoms with Gasteiger partial charge in [0.1, 0.15) is 0 Å². The van der Waals surface area contributed by atoms with Crippen molar-refractivity contribution in [1.29, 1.82) is 0 Å². The van der Waals surface area contributed by atoms with E-state index in [1.807, 2.05) is 60.4 Å². The predicted molar refractivity (Wildman–Crippen MR) is 118 cm³/mol. The van der Waals surface area contributed by atoms with E-state index in [-0.39, 0.29) is 17.7 Å². The number of benzene rings is 2. The lowest BCUT2D eigenvalue weighted by molar-refractivity contribution is -0.136. The molecular formula is C23H29N3O2S. The van der Waals surface area contributed by atoms with Gasteiger partial charge >= 0.3 is 0 Å². The first-order chi connectivity index (χ1) is 14.1. The number of thioether (sulfide) groups is 1. The van der Waals surface area contributed by atoms with E-state index in [2.05, 4.69) is 22.3 Å². The molecule has 1 atom stereocenters. The topological polar surface area (TPSA) is 52.7 Å². The van der Waals surface area contributed by atoms with Crippen molar-refractivity contribution in [1.82, 2.24) is 15.1 Å². The highest BCUT2D eigenvalue weighted by molar-refractivity contribution is 7.99. The van der Waals surface area contributed by atoms with Crippen LogP contribution in [-0.4, -0.2) is 60.1 Å². The van der Waals surface area contributed by atoms with Gasteiger partial charge in [-0.1, -0.05) is 55.5 Å². The van der Waals surface area contributed by atoms with Gasteiger partial charge in [-0.3, -0.25) is 14.5 Å². The van der Waals surface area contributed by atoms with Crippen molar-refractivity contribution >= 4 is 23.6 Å². The monoisotopic (exact) mass is 411 g/mol. The average molecular weight is 412 g/mol. The van der Waals surface area contributed by atoms with E-state index in [9.17, 15) is 9.59 Å². The minimum absolute atomic E-state index is 0.0130. The zero-order valence-electron chi connectivity index (χ0n) is 16.9. The molecule has 5 nitrogen and oxygen atoms in total. The van der Waals surface area contributed by atoms with Gasteiger partial charge in [-0.25, -0.2) is 0 Å². The van der Waals surface area contributed by atoms with E-state index in [1.54, 1.807) is 11.8 Å². The largest absolute Gasteiger partial charge is 0.351 e. The molecule has 2 aromatic rings. The molecule has 154 valence electrons. The normalized spacial score (nSPS) is 15.7. The Hall–Kier alpha value is -2.31. The van der Waals surface area contributed by atoms with E-state index in [0.717, 1.165) is 24.4 Å². The summed E-state index contributed by atoms with van der Waals surface area (Å²) < 4.78 is 0. The maximum absolute atomic E-state index is 12.7. The minimum Gasteiger partial charge on any atom is -0.351 e. The van der Waals surface area contributed by atoms with Crippen LogP contribution >= 0.6 is 11.8 Å². The second-order valence-corrected chi connectivity index (χ2v) is 8.48. The summed E-state index contributed by atoms with van der Waals surface area (Å²) in [6, 6.07) is 20.1. The number of carbonyl (C=O) groups is 2. The van der Waals surface area contributed by atoms with Crippen molar-refractivity contribution in [3.63, 3.8) is 0 Å². The molecule has 0 saturated carbocycles. The molecule has 1 saturated heterocycles. The molecule has 2 aromatic carbocycles.